The van der Waals surface area contributed by atoms with E-state index in [1.807, 2.05) is 13.8 Å². The summed E-state index contributed by atoms with van der Waals surface area (Å²) in [7, 11) is 0. The Morgan fingerprint density at radius 3 is 2.63 bits per heavy atom. The van der Waals surface area contributed by atoms with Crippen LogP contribution in [-0.2, 0) is 6.54 Å². The lowest BCUT2D eigenvalue weighted by atomic mass is 10.1. The number of aromatic nitrogens is 3. The molecular formula is C20H25F2N5O3. The van der Waals surface area contributed by atoms with E-state index < -0.39 is 5.92 Å². The highest BCUT2D eigenvalue weighted by Gasteiger charge is 2.45. The smallest absolute Gasteiger partial charge is 0.282 e. The molecule has 2 aromatic rings. The van der Waals surface area contributed by atoms with Gasteiger partial charge in [0.05, 0.1) is 26.2 Å². The molecule has 0 N–H and O–H groups in total. The van der Waals surface area contributed by atoms with E-state index >= 15 is 0 Å². The maximum atomic E-state index is 13.4. The molecule has 1 saturated carbocycles. The van der Waals surface area contributed by atoms with Crippen LogP contribution in [0.5, 0.6) is 5.88 Å². The molecule has 3 heterocycles. The van der Waals surface area contributed by atoms with Gasteiger partial charge < -0.3 is 19.0 Å². The van der Waals surface area contributed by atoms with Crippen molar-refractivity contribution in [3.63, 3.8) is 0 Å². The van der Waals surface area contributed by atoms with Crippen molar-refractivity contribution in [2.24, 2.45) is 5.92 Å². The van der Waals surface area contributed by atoms with E-state index in [1.165, 1.54) is 4.90 Å². The van der Waals surface area contributed by atoms with Gasteiger partial charge in [-0.1, -0.05) is 0 Å². The van der Waals surface area contributed by atoms with Gasteiger partial charge in [-0.05, 0) is 44.7 Å². The average Bonchev–Trinajstić information content (AvgIpc) is 3.41. The van der Waals surface area contributed by atoms with Crippen LogP contribution < -0.4 is 9.64 Å². The van der Waals surface area contributed by atoms with Crippen molar-refractivity contribution in [2.75, 3.05) is 24.6 Å². The Morgan fingerprint density at radius 2 is 2.07 bits per heavy atom. The maximum Gasteiger partial charge on any atom is 0.282 e. The largest absolute Gasteiger partial charge is 0.476 e. The Kier molecular flexibility index (Phi) is 5.33. The van der Waals surface area contributed by atoms with E-state index in [9.17, 15) is 13.6 Å². The zero-order chi connectivity index (χ0) is 21.5. The van der Waals surface area contributed by atoms with Crippen LogP contribution in [-0.4, -0.2) is 57.6 Å². The monoisotopic (exact) mass is 421 g/mol. The van der Waals surface area contributed by atoms with Crippen LogP contribution >= 0.6 is 0 Å². The van der Waals surface area contributed by atoms with Crippen molar-refractivity contribution in [1.82, 2.24) is 20.1 Å². The van der Waals surface area contributed by atoms with E-state index in [2.05, 4.69) is 15.2 Å². The number of carbonyl (C=O) groups excluding carboxylic acids is 1. The molecule has 10 heteroatoms. The van der Waals surface area contributed by atoms with Gasteiger partial charge in [0.2, 0.25) is 17.7 Å². The Bertz CT molecular complexity index is 921. The number of ether oxygens (including phenoxy) is 1. The maximum absolute atomic E-state index is 13.4. The molecule has 4 rings (SSSR count). The van der Waals surface area contributed by atoms with Crippen LogP contribution in [0.2, 0.25) is 0 Å². The number of hydrogen-bond acceptors (Lipinski definition) is 7. The Morgan fingerprint density at radius 1 is 1.33 bits per heavy atom. The molecule has 0 spiro atoms. The number of halogens is 2. The van der Waals surface area contributed by atoms with Crippen molar-refractivity contribution < 1.29 is 22.7 Å². The third-order valence-electron chi connectivity index (χ3n) is 5.15. The number of alkyl halides is 2. The number of hydrogen-bond donors (Lipinski definition) is 0. The molecule has 1 amide bonds. The molecule has 30 heavy (non-hydrogen) atoms. The van der Waals surface area contributed by atoms with Gasteiger partial charge in [-0.25, -0.2) is 13.8 Å². The van der Waals surface area contributed by atoms with Gasteiger partial charge in [-0.2, -0.15) is 0 Å². The number of amides is 1. The summed E-state index contributed by atoms with van der Waals surface area (Å²) >= 11 is 0. The summed E-state index contributed by atoms with van der Waals surface area (Å²) in [6, 6.07) is 3.04. The molecule has 2 fully saturated rings. The number of carbonyl (C=O) groups is 1. The zero-order valence-corrected chi connectivity index (χ0v) is 17.3. The second-order valence-corrected chi connectivity index (χ2v) is 8.23. The fourth-order valence-corrected chi connectivity index (χ4v) is 3.25. The van der Waals surface area contributed by atoms with Crippen LogP contribution in [0.15, 0.2) is 16.5 Å². The molecule has 1 aliphatic carbocycles. The summed E-state index contributed by atoms with van der Waals surface area (Å²) in [5, 5.41) is 7.75. The first-order chi connectivity index (χ1) is 14.2. The summed E-state index contributed by atoms with van der Waals surface area (Å²) in [5.74, 6) is -1.59. The van der Waals surface area contributed by atoms with Gasteiger partial charge in [0.25, 0.3) is 11.8 Å². The molecule has 0 radical (unpaired) electrons. The number of aryl methyl sites for hydroxylation is 1. The van der Waals surface area contributed by atoms with E-state index in [4.69, 9.17) is 9.15 Å². The predicted octanol–water partition coefficient (Wildman–Crippen LogP) is 3.07. The van der Waals surface area contributed by atoms with E-state index in [0.29, 0.717) is 30.0 Å². The Labute approximate surface area is 173 Å². The highest BCUT2D eigenvalue weighted by molar-refractivity contribution is 5.93. The lowest BCUT2D eigenvalue weighted by Crippen LogP contribution is -2.56. The molecule has 0 bridgehead atoms. The zero-order valence-electron chi connectivity index (χ0n) is 17.3. The van der Waals surface area contributed by atoms with E-state index in [1.54, 1.807) is 24.0 Å². The Hall–Kier alpha value is -2.78. The van der Waals surface area contributed by atoms with Crippen molar-refractivity contribution in [2.45, 2.75) is 52.1 Å². The summed E-state index contributed by atoms with van der Waals surface area (Å²) in [6.45, 7) is 5.30. The minimum atomic E-state index is -2.71. The minimum absolute atomic E-state index is 0.143. The SMILES string of the molecule is Cc1nnc(CN(C(=O)c2ccc(N3CC(F)(F)C3)c(OCC3CC3)n2)C(C)C)o1. The highest BCUT2D eigenvalue weighted by Crippen LogP contribution is 2.38. The average molecular weight is 421 g/mol. The highest BCUT2D eigenvalue weighted by atomic mass is 19.3. The van der Waals surface area contributed by atoms with Gasteiger partial charge in [0.1, 0.15) is 11.4 Å². The first-order valence-corrected chi connectivity index (χ1v) is 10.1. The lowest BCUT2D eigenvalue weighted by Gasteiger charge is -2.40. The fourth-order valence-electron chi connectivity index (χ4n) is 3.25. The minimum Gasteiger partial charge on any atom is -0.476 e. The third kappa shape index (κ3) is 4.52. The van der Waals surface area contributed by atoms with Crippen LogP contribution in [0, 0.1) is 12.8 Å². The number of pyridine rings is 1. The molecule has 1 saturated heterocycles. The van der Waals surface area contributed by atoms with Crippen LogP contribution in [0.25, 0.3) is 0 Å². The molecule has 0 aromatic carbocycles. The molecule has 162 valence electrons. The number of nitrogens with zero attached hydrogens (tertiary/aromatic N) is 5. The van der Waals surface area contributed by atoms with Gasteiger partial charge >= 0.3 is 0 Å². The van der Waals surface area contributed by atoms with Gasteiger partial charge in [-0.3, -0.25) is 4.79 Å². The van der Waals surface area contributed by atoms with E-state index in [-0.39, 0.29) is 43.2 Å². The van der Waals surface area contributed by atoms with E-state index in [0.717, 1.165) is 12.8 Å². The standard InChI is InChI=1S/C20H25F2N5O3/c1-12(2)27(8-17-25-24-13(3)30-17)19(28)15-6-7-16(26-10-20(21,22)11-26)18(23-15)29-9-14-4-5-14/h6-7,12,14H,4-5,8-11H2,1-3H3. The number of anilines is 1. The van der Waals surface area contributed by atoms with Gasteiger partial charge in [0, 0.05) is 13.0 Å². The van der Waals surface area contributed by atoms with Gasteiger partial charge in [-0.15, -0.1) is 10.2 Å². The summed E-state index contributed by atoms with van der Waals surface area (Å²) < 4.78 is 37.9. The van der Waals surface area contributed by atoms with Crippen LogP contribution in [0.4, 0.5) is 14.5 Å². The quantitative estimate of drug-likeness (QED) is 0.648. The second-order valence-electron chi connectivity index (χ2n) is 8.23. The molecule has 0 unspecified atom stereocenters. The van der Waals surface area contributed by atoms with Crippen molar-refractivity contribution >= 4 is 11.6 Å². The fraction of sp³-hybridized carbons (Fsp3) is 0.600. The second kappa shape index (κ2) is 7.81. The van der Waals surface area contributed by atoms with Crippen molar-refractivity contribution in [3.05, 3.63) is 29.6 Å². The predicted molar refractivity (Wildman–Crippen MR) is 104 cm³/mol. The lowest BCUT2D eigenvalue weighted by molar-refractivity contribution is -0.0265. The Balaban J connectivity index is 1.56. The molecule has 1 aliphatic heterocycles. The molecule has 0 atom stereocenters. The summed E-state index contributed by atoms with van der Waals surface area (Å²) in [6.07, 6.45) is 2.17. The molecular weight excluding hydrogens is 396 g/mol. The van der Waals surface area contributed by atoms with Crippen molar-refractivity contribution in [3.8, 4) is 5.88 Å². The normalized spacial score (nSPS) is 17.7. The first kappa shape index (κ1) is 20.5. The molecule has 8 nitrogen and oxygen atoms in total. The summed E-state index contributed by atoms with van der Waals surface area (Å²) in [4.78, 5) is 20.6. The summed E-state index contributed by atoms with van der Waals surface area (Å²) in [5.41, 5.74) is 0.670. The van der Waals surface area contributed by atoms with Crippen LogP contribution in [0.3, 0.4) is 0 Å². The first-order valence-electron chi connectivity index (χ1n) is 10.1. The number of rotatable bonds is 8. The third-order valence-corrected chi connectivity index (χ3v) is 5.15. The molecule has 2 aliphatic rings. The molecule has 2 aromatic heterocycles. The van der Waals surface area contributed by atoms with Gasteiger partial charge in [0.15, 0.2) is 0 Å². The van der Waals surface area contributed by atoms with Crippen LogP contribution in [0.1, 0.15) is 49.0 Å². The van der Waals surface area contributed by atoms with Crippen molar-refractivity contribution in [1.29, 1.82) is 0 Å². The topological polar surface area (TPSA) is 84.6 Å².